The van der Waals surface area contributed by atoms with Gasteiger partial charge in [0.1, 0.15) is 6.61 Å². The molecule has 306 valence electrons. The van der Waals surface area contributed by atoms with Gasteiger partial charge in [-0.3, -0.25) is 14.4 Å². The molecule has 0 aromatic heterocycles. The molecule has 1 aliphatic rings. The minimum absolute atomic E-state index is 0.0143. The molecular formula is C44H62N4O8. The van der Waals surface area contributed by atoms with Gasteiger partial charge in [0.05, 0.1) is 24.8 Å². The summed E-state index contributed by atoms with van der Waals surface area (Å²) in [5, 5.41) is 19.3. The van der Waals surface area contributed by atoms with Crippen molar-refractivity contribution in [1.82, 2.24) is 15.5 Å². The number of imide groups is 1. The van der Waals surface area contributed by atoms with Crippen LogP contribution in [0.25, 0.3) is 10.8 Å². The number of nitrogens with two attached hydrogens (primary N) is 1. The van der Waals surface area contributed by atoms with Crippen LogP contribution in [0.3, 0.4) is 0 Å². The molecule has 1 heterocycles. The van der Waals surface area contributed by atoms with Gasteiger partial charge in [-0.05, 0) is 79.7 Å². The fraction of sp³-hybridized carbons (Fsp3) is 0.545. The van der Waals surface area contributed by atoms with Crippen LogP contribution in [0, 0.1) is 11.8 Å². The van der Waals surface area contributed by atoms with Crippen molar-refractivity contribution in [3.8, 4) is 0 Å². The number of aliphatic hydroxyl groups excluding tert-OH is 1. The van der Waals surface area contributed by atoms with Gasteiger partial charge in [0.2, 0.25) is 11.8 Å². The summed E-state index contributed by atoms with van der Waals surface area (Å²) in [6.07, 6.45) is 2.12. The van der Waals surface area contributed by atoms with Crippen molar-refractivity contribution in [2.75, 3.05) is 20.3 Å². The maximum Gasteiger partial charge on any atom is 0.418 e. The van der Waals surface area contributed by atoms with E-state index in [0.717, 1.165) is 29.5 Å². The van der Waals surface area contributed by atoms with Crippen LogP contribution in [-0.4, -0.2) is 78.6 Å². The Bertz CT molecular complexity index is 1710. The van der Waals surface area contributed by atoms with Gasteiger partial charge < -0.3 is 35.7 Å². The van der Waals surface area contributed by atoms with E-state index >= 15 is 4.79 Å². The molecule has 3 aromatic carbocycles. The minimum atomic E-state index is -1.95. The summed E-state index contributed by atoms with van der Waals surface area (Å²) in [5.41, 5.74) is 5.45. The summed E-state index contributed by atoms with van der Waals surface area (Å²) < 4.78 is 17.5. The van der Waals surface area contributed by atoms with Crippen LogP contribution >= 0.6 is 0 Å². The highest BCUT2D eigenvalue weighted by atomic mass is 16.7. The summed E-state index contributed by atoms with van der Waals surface area (Å²) in [4.78, 5) is 58.4. The van der Waals surface area contributed by atoms with Gasteiger partial charge in [0.15, 0.2) is 11.8 Å². The lowest BCUT2D eigenvalue weighted by Gasteiger charge is -2.43. The predicted molar refractivity (Wildman–Crippen MR) is 216 cm³/mol. The number of hydrogen-bond acceptors (Lipinski definition) is 9. The van der Waals surface area contributed by atoms with Gasteiger partial charge in [-0.25, -0.2) is 9.69 Å². The first-order valence-corrected chi connectivity index (χ1v) is 20.1. The molecular weight excluding hydrogens is 713 g/mol. The Kier molecular flexibility index (Phi) is 17.3. The largest absolute Gasteiger partial charge is 0.444 e. The molecule has 0 radical (unpaired) electrons. The van der Waals surface area contributed by atoms with Crippen LogP contribution in [0.2, 0.25) is 0 Å². The third kappa shape index (κ3) is 11.6. The zero-order chi connectivity index (χ0) is 40.7. The van der Waals surface area contributed by atoms with E-state index < -0.39 is 47.6 Å². The number of rotatable bonds is 20. The van der Waals surface area contributed by atoms with E-state index in [2.05, 4.69) is 10.6 Å². The first-order chi connectivity index (χ1) is 26.9. The second kappa shape index (κ2) is 21.8. The van der Waals surface area contributed by atoms with E-state index in [4.69, 9.17) is 19.9 Å². The van der Waals surface area contributed by atoms with Gasteiger partial charge in [-0.1, -0.05) is 106 Å². The Labute approximate surface area is 331 Å². The van der Waals surface area contributed by atoms with Crippen molar-refractivity contribution < 1.29 is 38.5 Å². The maximum atomic E-state index is 15.5. The molecule has 3 aromatic rings. The van der Waals surface area contributed by atoms with E-state index in [9.17, 15) is 19.5 Å². The molecule has 6 atom stereocenters. The third-order valence-corrected chi connectivity index (χ3v) is 10.4. The topological polar surface area (TPSA) is 170 Å². The number of nitrogens with zero attached hydrogens (tertiary/aromatic N) is 1. The number of carbonyl (C=O) groups is 4. The maximum absolute atomic E-state index is 15.5. The second-order valence-corrected chi connectivity index (χ2v) is 15.3. The van der Waals surface area contributed by atoms with Gasteiger partial charge in [0, 0.05) is 19.6 Å². The van der Waals surface area contributed by atoms with Crippen molar-refractivity contribution in [3.05, 3.63) is 83.9 Å². The molecule has 2 unspecified atom stereocenters. The lowest BCUT2D eigenvalue weighted by atomic mass is 9.78. The van der Waals surface area contributed by atoms with Gasteiger partial charge in [0.25, 0.3) is 5.91 Å². The number of fused-ring (bicyclic) bond motifs is 1. The molecule has 12 nitrogen and oxygen atoms in total. The van der Waals surface area contributed by atoms with E-state index in [1.54, 1.807) is 31.3 Å². The number of nitrogens with one attached hydrogen (secondary N) is 2. The standard InChI is InChI=1S/C44H62N4O8/c1-6-7-24-44(36-21-15-19-33-18-11-12-20-35(33)36,48(41(51)31(4)45)43(53)56-29-32-16-9-8-10-17-32)42(52)47-37(27-30(2)3)38(49)28-34(40(50)46-5)23-26-55-39-22-13-14-25-54-39/h8-12,15-21,30-31,34,37-39,49H,6-7,13-14,22-29,45H2,1-5H3,(H,46,50)(H,47,52)/t31-,34?,37-,38-,39?,44+/m0/s1. The fourth-order valence-electron chi connectivity index (χ4n) is 7.45. The lowest BCUT2D eigenvalue weighted by molar-refractivity contribution is -0.165. The Morgan fingerprint density at radius 1 is 0.982 bits per heavy atom. The highest BCUT2D eigenvalue weighted by Crippen LogP contribution is 2.40. The quantitative estimate of drug-likeness (QED) is 0.103. The molecule has 56 heavy (non-hydrogen) atoms. The second-order valence-electron chi connectivity index (χ2n) is 15.3. The SMILES string of the molecule is CCCC[C@](C(=O)N[C@@H](CC(C)C)[C@@H](O)CC(CCOC1CCCCO1)C(=O)NC)(c1cccc2ccccc12)N(C(=O)OCc1ccccc1)C(=O)[C@H](C)N. The summed E-state index contributed by atoms with van der Waals surface area (Å²) in [6, 6.07) is 20.0. The highest BCUT2D eigenvalue weighted by molar-refractivity contribution is 6.05. The van der Waals surface area contributed by atoms with Crippen LogP contribution in [0.5, 0.6) is 0 Å². The summed E-state index contributed by atoms with van der Waals surface area (Å²) in [6.45, 7) is 8.14. The monoisotopic (exact) mass is 774 g/mol. The van der Waals surface area contributed by atoms with Crippen LogP contribution in [0.15, 0.2) is 72.8 Å². The number of aliphatic hydroxyl groups is 1. The molecule has 4 rings (SSSR count). The Morgan fingerprint density at radius 3 is 2.36 bits per heavy atom. The first kappa shape index (κ1) is 44.4. The smallest absolute Gasteiger partial charge is 0.418 e. The normalized spacial score (nSPS) is 17.6. The average Bonchev–Trinajstić information content (AvgIpc) is 3.20. The van der Waals surface area contributed by atoms with Crippen LogP contribution in [0.1, 0.15) is 96.6 Å². The first-order valence-electron chi connectivity index (χ1n) is 20.1. The van der Waals surface area contributed by atoms with Crippen molar-refractivity contribution in [1.29, 1.82) is 0 Å². The molecule has 0 aliphatic carbocycles. The fourth-order valence-corrected chi connectivity index (χ4v) is 7.45. The van der Waals surface area contributed by atoms with E-state index in [1.807, 2.05) is 69.3 Å². The number of carbonyl (C=O) groups excluding carboxylic acids is 4. The van der Waals surface area contributed by atoms with E-state index in [1.165, 1.54) is 6.92 Å². The molecule has 4 amide bonds. The zero-order valence-corrected chi connectivity index (χ0v) is 33.7. The average molecular weight is 775 g/mol. The molecule has 0 spiro atoms. The van der Waals surface area contributed by atoms with E-state index in [-0.39, 0.29) is 44.2 Å². The number of hydrogen-bond donors (Lipinski definition) is 4. The van der Waals surface area contributed by atoms with Gasteiger partial charge in [-0.2, -0.15) is 0 Å². The van der Waals surface area contributed by atoms with Crippen molar-refractivity contribution in [2.45, 2.75) is 122 Å². The van der Waals surface area contributed by atoms with Crippen molar-refractivity contribution in [2.24, 2.45) is 17.6 Å². The van der Waals surface area contributed by atoms with Gasteiger partial charge >= 0.3 is 6.09 Å². The van der Waals surface area contributed by atoms with Crippen LogP contribution < -0.4 is 16.4 Å². The van der Waals surface area contributed by atoms with E-state index in [0.29, 0.717) is 48.8 Å². The minimum Gasteiger partial charge on any atom is -0.444 e. The Balaban J connectivity index is 1.79. The summed E-state index contributed by atoms with van der Waals surface area (Å²) in [7, 11) is 1.55. The van der Waals surface area contributed by atoms with Crippen molar-refractivity contribution >= 4 is 34.6 Å². The number of ether oxygens (including phenoxy) is 3. The molecule has 1 aliphatic heterocycles. The molecule has 12 heteroatoms. The molecule has 0 bridgehead atoms. The number of unbranched alkanes of at least 4 members (excludes halogenated alkanes) is 1. The molecule has 1 fully saturated rings. The summed E-state index contributed by atoms with van der Waals surface area (Å²) in [5.74, 6) is -2.32. The third-order valence-electron chi connectivity index (χ3n) is 10.4. The molecule has 0 saturated carbocycles. The zero-order valence-electron chi connectivity index (χ0n) is 33.7. The molecule has 1 saturated heterocycles. The van der Waals surface area contributed by atoms with Crippen molar-refractivity contribution in [3.63, 3.8) is 0 Å². The van der Waals surface area contributed by atoms with Crippen LogP contribution in [-0.2, 0) is 40.7 Å². The van der Waals surface area contributed by atoms with Gasteiger partial charge in [-0.15, -0.1) is 0 Å². The number of benzene rings is 3. The number of amides is 4. The van der Waals surface area contributed by atoms with Crippen LogP contribution in [0.4, 0.5) is 4.79 Å². The predicted octanol–water partition coefficient (Wildman–Crippen LogP) is 6.32. The Hall–Kier alpha value is -4.36. The highest BCUT2D eigenvalue weighted by Gasteiger charge is 2.53. The molecule has 5 N–H and O–H groups in total. The summed E-state index contributed by atoms with van der Waals surface area (Å²) >= 11 is 0. The lowest BCUT2D eigenvalue weighted by Crippen LogP contribution is -2.64. The Morgan fingerprint density at radius 2 is 1.70 bits per heavy atom.